The van der Waals surface area contributed by atoms with Crippen molar-refractivity contribution in [1.82, 2.24) is 0 Å². The molecule has 0 aliphatic heterocycles. The van der Waals surface area contributed by atoms with Crippen LogP contribution in [0.1, 0.15) is 21.5 Å². The summed E-state index contributed by atoms with van der Waals surface area (Å²) in [6.45, 7) is 1.87. The number of rotatable bonds is 2. The zero-order valence-corrected chi connectivity index (χ0v) is 10.7. The van der Waals surface area contributed by atoms with E-state index in [1.165, 1.54) is 0 Å². The Morgan fingerprint density at radius 3 is 2.47 bits per heavy atom. The predicted molar refractivity (Wildman–Crippen MR) is 71.1 cm³/mol. The van der Waals surface area contributed by atoms with Gasteiger partial charge in [-0.3, -0.25) is 4.79 Å². The molecule has 0 aromatic heterocycles. The Morgan fingerprint density at radius 1 is 1.06 bits per heavy atom. The van der Waals surface area contributed by atoms with Crippen LogP contribution in [-0.4, -0.2) is 5.78 Å². The fourth-order valence-corrected chi connectivity index (χ4v) is 2.01. The lowest BCUT2D eigenvalue weighted by Gasteiger charge is -2.06. The van der Waals surface area contributed by atoms with Crippen LogP contribution in [0, 0.1) is 6.92 Å². The average molecular weight is 265 g/mol. The summed E-state index contributed by atoms with van der Waals surface area (Å²) in [6.07, 6.45) is 0. The molecule has 1 nitrogen and oxygen atoms in total. The zero-order chi connectivity index (χ0) is 12.4. The minimum absolute atomic E-state index is 0.110. The molecule has 0 heterocycles. The maximum absolute atomic E-state index is 12.2. The monoisotopic (exact) mass is 264 g/mol. The Morgan fingerprint density at radius 2 is 1.76 bits per heavy atom. The highest BCUT2D eigenvalue weighted by molar-refractivity contribution is 6.36. The quantitative estimate of drug-likeness (QED) is 0.729. The van der Waals surface area contributed by atoms with E-state index in [4.69, 9.17) is 23.2 Å². The molecule has 0 saturated carbocycles. The van der Waals surface area contributed by atoms with Crippen molar-refractivity contribution in [2.75, 3.05) is 0 Å². The normalized spacial score (nSPS) is 10.3. The van der Waals surface area contributed by atoms with Crippen LogP contribution >= 0.6 is 23.2 Å². The Kier molecular flexibility index (Phi) is 3.51. The van der Waals surface area contributed by atoms with Gasteiger partial charge in [0.25, 0.3) is 0 Å². The molecule has 0 aliphatic carbocycles. The van der Waals surface area contributed by atoms with Gasteiger partial charge < -0.3 is 0 Å². The third kappa shape index (κ3) is 2.51. The average Bonchev–Trinajstić information content (AvgIpc) is 2.32. The fraction of sp³-hybridized carbons (Fsp3) is 0.0714. The highest BCUT2D eigenvalue weighted by Gasteiger charge is 2.13. The van der Waals surface area contributed by atoms with Crippen molar-refractivity contribution in [2.45, 2.75) is 6.92 Å². The van der Waals surface area contributed by atoms with E-state index < -0.39 is 0 Å². The molecule has 0 saturated heterocycles. The molecule has 2 aromatic rings. The van der Waals surface area contributed by atoms with Crippen LogP contribution in [0.15, 0.2) is 42.5 Å². The highest BCUT2D eigenvalue weighted by atomic mass is 35.5. The molecule has 0 unspecified atom stereocenters. The Labute approximate surface area is 110 Å². The third-order valence-corrected chi connectivity index (χ3v) is 3.26. The van der Waals surface area contributed by atoms with Crippen LogP contribution in [0.5, 0.6) is 0 Å². The van der Waals surface area contributed by atoms with E-state index in [0.717, 1.165) is 5.56 Å². The number of hydrogen-bond acceptors (Lipinski definition) is 1. The summed E-state index contributed by atoms with van der Waals surface area (Å²) < 4.78 is 0. The van der Waals surface area contributed by atoms with Gasteiger partial charge in [-0.2, -0.15) is 0 Å². The summed E-state index contributed by atoms with van der Waals surface area (Å²) in [5.74, 6) is -0.110. The standard InChI is InChI=1S/C14H10Cl2O/c1-9-4-2-7-12(13(9)16)14(17)10-5-3-6-11(15)8-10/h2-8H,1H3. The molecule has 0 fully saturated rings. The van der Waals surface area contributed by atoms with Crippen molar-refractivity contribution in [1.29, 1.82) is 0 Å². The molecule has 2 aromatic carbocycles. The fourth-order valence-electron chi connectivity index (χ4n) is 1.61. The topological polar surface area (TPSA) is 17.1 Å². The molecular weight excluding hydrogens is 255 g/mol. The molecule has 0 amide bonds. The van der Waals surface area contributed by atoms with Gasteiger partial charge in [-0.05, 0) is 30.7 Å². The highest BCUT2D eigenvalue weighted by Crippen LogP contribution is 2.23. The molecule has 17 heavy (non-hydrogen) atoms. The maximum atomic E-state index is 12.2. The number of ketones is 1. The second-order valence-electron chi connectivity index (χ2n) is 3.78. The number of carbonyl (C=O) groups is 1. The molecule has 86 valence electrons. The largest absolute Gasteiger partial charge is 0.289 e. The van der Waals surface area contributed by atoms with Gasteiger partial charge in [-0.1, -0.05) is 47.5 Å². The maximum Gasteiger partial charge on any atom is 0.194 e. The minimum Gasteiger partial charge on any atom is -0.289 e. The first-order valence-electron chi connectivity index (χ1n) is 5.15. The van der Waals surface area contributed by atoms with E-state index in [0.29, 0.717) is 21.2 Å². The molecule has 3 heteroatoms. The Hall–Kier alpha value is -1.31. The summed E-state index contributed by atoms with van der Waals surface area (Å²) in [4.78, 5) is 12.2. The number of carbonyl (C=O) groups excluding carboxylic acids is 1. The van der Waals surface area contributed by atoms with E-state index >= 15 is 0 Å². The second-order valence-corrected chi connectivity index (χ2v) is 4.59. The second kappa shape index (κ2) is 4.91. The molecule has 0 atom stereocenters. The van der Waals surface area contributed by atoms with Crippen molar-refractivity contribution >= 4 is 29.0 Å². The Balaban J connectivity index is 2.48. The number of benzene rings is 2. The minimum atomic E-state index is -0.110. The molecule has 0 aliphatic rings. The summed E-state index contributed by atoms with van der Waals surface area (Å²) in [5.41, 5.74) is 1.94. The smallest absolute Gasteiger partial charge is 0.194 e. The third-order valence-electron chi connectivity index (χ3n) is 2.52. The predicted octanol–water partition coefficient (Wildman–Crippen LogP) is 4.53. The zero-order valence-electron chi connectivity index (χ0n) is 9.21. The summed E-state index contributed by atoms with van der Waals surface area (Å²) in [7, 11) is 0. The number of aryl methyl sites for hydroxylation is 1. The first kappa shape index (κ1) is 12.2. The molecule has 2 rings (SSSR count). The molecular formula is C14H10Cl2O. The van der Waals surface area contributed by atoms with Gasteiger partial charge in [0.15, 0.2) is 5.78 Å². The van der Waals surface area contributed by atoms with Crippen molar-refractivity contribution in [3.05, 3.63) is 69.2 Å². The summed E-state index contributed by atoms with van der Waals surface area (Å²) in [6, 6.07) is 12.3. The van der Waals surface area contributed by atoms with E-state index in [1.807, 2.05) is 19.1 Å². The molecule has 0 bridgehead atoms. The van der Waals surface area contributed by atoms with Crippen molar-refractivity contribution < 1.29 is 4.79 Å². The first-order valence-corrected chi connectivity index (χ1v) is 5.90. The van der Waals surface area contributed by atoms with Gasteiger partial charge in [0, 0.05) is 16.1 Å². The number of halogens is 2. The van der Waals surface area contributed by atoms with E-state index in [1.54, 1.807) is 30.3 Å². The summed E-state index contributed by atoms with van der Waals surface area (Å²) in [5, 5.41) is 1.04. The molecule has 0 radical (unpaired) electrons. The van der Waals surface area contributed by atoms with Gasteiger partial charge >= 0.3 is 0 Å². The molecule has 0 N–H and O–H groups in total. The van der Waals surface area contributed by atoms with E-state index in [9.17, 15) is 4.79 Å². The SMILES string of the molecule is Cc1cccc(C(=O)c2cccc(Cl)c2)c1Cl. The lowest BCUT2D eigenvalue weighted by atomic mass is 10.0. The van der Waals surface area contributed by atoms with Crippen LogP contribution in [0.4, 0.5) is 0 Å². The van der Waals surface area contributed by atoms with Gasteiger partial charge in [-0.25, -0.2) is 0 Å². The van der Waals surface area contributed by atoms with Crippen LogP contribution in [-0.2, 0) is 0 Å². The van der Waals surface area contributed by atoms with Gasteiger partial charge in [0.05, 0.1) is 5.02 Å². The van der Waals surface area contributed by atoms with E-state index in [-0.39, 0.29) is 5.78 Å². The lowest BCUT2D eigenvalue weighted by molar-refractivity contribution is 0.103. The van der Waals surface area contributed by atoms with Crippen molar-refractivity contribution in [3.63, 3.8) is 0 Å². The van der Waals surface area contributed by atoms with Gasteiger partial charge in [0.1, 0.15) is 0 Å². The van der Waals surface area contributed by atoms with Crippen LogP contribution in [0.2, 0.25) is 10.0 Å². The van der Waals surface area contributed by atoms with Crippen molar-refractivity contribution in [3.8, 4) is 0 Å². The first-order chi connectivity index (χ1) is 8.09. The lowest BCUT2D eigenvalue weighted by Crippen LogP contribution is -2.02. The summed E-state index contributed by atoms with van der Waals surface area (Å²) >= 11 is 12.0. The van der Waals surface area contributed by atoms with Crippen LogP contribution in [0.25, 0.3) is 0 Å². The van der Waals surface area contributed by atoms with Gasteiger partial charge in [0.2, 0.25) is 0 Å². The number of hydrogen-bond donors (Lipinski definition) is 0. The molecule has 0 spiro atoms. The van der Waals surface area contributed by atoms with Crippen molar-refractivity contribution in [2.24, 2.45) is 0 Å². The van der Waals surface area contributed by atoms with Gasteiger partial charge in [-0.15, -0.1) is 0 Å². The Bertz CT molecular complexity index is 576. The van der Waals surface area contributed by atoms with Crippen LogP contribution < -0.4 is 0 Å². The van der Waals surface area contributed by atoms with E-state index in [2.05, 4.69) is 0 Å². The van der Waals surface area contributed by atoms with Crippen LogP contribution in [0.3, 0.4) is 0 Å².